The summed E-state index contributed by atoms with van der Waals surface area (Å²) in [5, 5.41) is 0. The van der Waals surface area contributed by atoms with Crippen molar-refractivity contribution in [3.63, 3.8) is 0 Å². The number of carbonyl (C=O) groups is 1. The number of aryl methyl sites for hydroxylation is 1. The largest absolute Gasteiger partial charge is 0.381 e. The maximum atomic E-state index is 12.4. The predicted molar refractivity (Wildman–Crippen MR) is 95.8 cm³/mol. The number of rotatable bonds is 5. The van der Waals surface area contributed by atoms with Gasteiger partial charge in [0.25, 0.3) is 0 Å². The van der Waals surface area contributed by atoms with Crippen molar-refractivity contribution < 1.29 is 17.9 Å². The third kappa shape index (κ3) is 4.40. The zero-order chi connectivity index (χ0) is 18.0. The summed E-state index contributed by atoms with van der Waals surface area (Å²) in [5.74, 6) is 0.0577. The van der Waals surface area contributed by atoms with Crippen LogP contribution in [0.3, 0.4) is 0 Å². The minimum absolute atomic E-state index is 0.0113. The van der Waals surface area contributed by atoms with E-state index in [1.807, 2.05) is 31.2 Å². The third-order valence-corrected chi connectivity index (χ3v) is 6.31. The van der Waals surface area contributed by atoms with E-state index >= 15 is 0 Å². The lowest BCUT2D eigenvalue weighted by molar-refractivity contribution is -0.137. The van der Waals surface area contributed by atoms with E-state index in [0.29, 0.717) is 32.7 Å². The molecule has 2 aliphatic heterocycles. The molecule has 0 aromatic heterocycles. The average Bonchev–Trinajstić information content (AvgIpc) is 2.49. The Balaban J connectivity index is 1.60. The van der Waals surface area contributed by atoms with Crippen LogP contribution in [-0.4, -0.2) is 68.2 Å². The Morgan fingerprint density at radius 2 is 1.92 bits per heavy atom. The van der Waals surface area contributed by atoms with E-state index < -0.39 is 10.0 Å². The summed E-state index contributed by atoms with van der Waals surface area (Å²) >= 11 is 0. The van der Waals surface area contributed by atoms with Crippen molar-refractivity contribution in [2.45, 2.75) is 38.3 Å². The summed E-state index contributed by atoms with van der Waals surface area (Å²) in [7, 11) is -3.30. The van der Waals surface area contributed by atoms with Crippen molar-refractivity contribution in [2.75, 3.05) is 32.6 Å². The Kier molecular flexibility index (Phi) is 5.46. The monoisotopic (exact) mass is 366 g/mol. The highest BCUT2D eigenvalue weighted by molar-refractivity contribution is 7.88. The normalized spacial score (nSPS) is 19.9. The Labute approximate surface area is 149 Å². The Bertz CT molecular complexity index is 722. The highest BCUT2D eigenvalue weighted by atomic mass is 32.2. The molecule has 2 saturated heterocycles. The van der Waals surface area contributed by atoms with Gasteiger partial charge < -0.3 is 9.64 Å². The fourth-order valence-electron chi connectivity index (χ4n) is 3.71. The molecule has 6 nitrogen and oxygen atoms in total. The molecule has 3 rings (SSSR count). The summed E-state index contributed by atoms with van der Waals surface area (Å²) < 4.78 is 31.5. The molecule has 0 spiro atoms. The van der Waals surface area contributed by atoms with Gasteiger partial charge in [-0.3, -0.25) is 4.79 Å². The van der Waals surface area contributed by atoms with E-state index in [1.54, 1.807) is 9.21 Å². The average molecular weight is 366 g/mol. The lowest BCUT2D eigenvalue weighted by Crippen LogP contribution is -2.64. The molecule has 2 heterocycles. The molecule has 1 amide bonds. The van der Waals surface area contributed by atoms with Crippen LogP contribution in [0.4, 0.5) is 0 Å². The maximum absolute atomic E-state index is 12.4. The van der Waals surface area contributed by atoms with Crippen molar-refractivity contribution in [3.05, 3.63) is 35.4 Å². The minimum Gasteiger partial charge on any atom is -0.381 e. The molecule has 0 atom stereocenters. The molecule has 0 aliphatic carbocycles. The second-order valence-corrected chi connectivity index (χ2v) is 8.94. The molecule has 2 fully saturated rings. The van der Waals surface area contributed by atoms with Crippen LogP contribution in [0.15, 0.2) is 24.3 Å². The zero-order valence-corrected chi connectivity index (χ0v) is 15.7. The van der Waals surface area contributed by atoms with E-state index in [4.69, 9.17) is 4.74 Å². The summed E-state index contributed by atoms with van der Waals surface area (Å²) in [6.07, 6.45) is 3.08. The second-order valence-electron chi connectivity index (χ2n) is 7.05. The molecule has 25 heavy (non-hydrogen) atoms. The molecule has 1 aromatic rings. The number of sulfonamides is 1. The number of carbonyl (C=O) groups excluding carboxylic acids is 1. The standard InChI is InChI=1S/C18H26N2O4S/c1-14-4-3-5-15(10-14)11-18(21)19-12-17(13-19)20(25(2,22)23)16-6-8-24-9-7-16/h3-5,10,16-17H,6-9,11-13H2,1-2H3. The lowest BCUT2D eigenvalue weighted by Gasteiger charge is -2.47. The van der Waals surface area contributed by atoms with Crippen molar-refractivity contribution in [2.24, 2.45) is 0 Å². The van der Waals surface area contributed by atoms with E-state index in [0.717, 1.165) is 24.0 Å². The Morgan fingerprint density at radius 1 is 1.24 bits per heavy atom. The van der Waals surface area contributed by atoms with Crippen LogP contribution >= 0.6 is 0 Å². The molecule has 0 saturated carbocycles. The highest BCUT2D eigenvalue weighted by Gasteiger charge is 2.42. The highest BCUT2D eigenvalue weighted by Crippen LogP contribution is 2.26. The van der Waals surface area contributed by atoms with Gasteiger partial charge in [0, 0.05) is 32.3 Å². The topological polar surface area (TPSA) is 66.9 Å². The third-order valence-electron chi connectivity index (χ3n) is 4.95. The summed E-state index contributed by atoms with van der Waals surface area (Å²) in [6.45, 7) is 4.16. The number of likely N-dealkylation sites (tertiary alicyclic amines) is 1. The molecule has 2 aliphatic rings. The van der Waals surface area contributed by atoms with Crippen molar-refractivity contribution in [1.29, 1.82) is 0 Å². The van der Waals surface area contributed by atoms with E-state index in [-0.39, 0.29) is 18.0 Å². The summed E-state index contributed by atoms with van der Waals surface area (Å²) in [6, 6.07) is 7.80. The van der Waals surface area contributed by atoms with Crippen LogP contribution < -0.4 is 0 Å². The van der Waals surface area contributed by atoms with E-state index in [2.05, 4.69) is 0 Å². The second kappa shape index (κ2) is 7.43. The Hall–Kier alpha value is -1.44. The SMILES string of the molecule is Cc1cccc(CC(=O)N2CC(N(C3CCOCC3)S(C)(=O)=O)C2)c1. The van der Waals surface area contributed by atoms with Gasteiger partial charge in [0.2, 0.25) is 15.9 Å². The van der Waals surface area contributed by atoms with Crippen molar-refractivity contribution >= 4 is 15.9 Å². The van der Waals surface area contributed by atoms with Gasteiger partial charge in [-0.25, -0.2) is 8.42 Å². The van der Waals surface area contributed by atoms with E-state index in [9.17, 15) is 13.2 Å². The fourth-order valence-corrected chi connectivity index (χ4v) is 5.14. The molecule has 0 bridgehead atoms. The van der Waals surface area contributed by atoms with Gasteiger partial charge in [-0.05, 0) is 25.3 Å². The number of nitrogens with zero attached hydrogens (tertiary/aromatic N) is 2. The fraction of sp³-hybridized carbons (Fsp3) is 0.611. The van der Waals surface area contributed by atoms with E-state index in [1.165, 1.54) is 6.26 Å². The van der Waals surface area contributed by atoms with Crippen LogP contribution in [0.2, 0.25) is 0 Å². The van der Waals surface area contributed by atoms with Gasteiger partial charge in [-0.2, -0.15) is 4.31 Å². The summed E-state index contributed by atoms with van der Waals surface area (Å²) in [5.41, 5.74) is 2.13. The summed E-state index contributed by atoms with van der Waals surface area (Å²) in [4.78, 5) is 14.2. The van der Waals surface area contributed by atoms with Crippen LogP contribution in [0.1, 0.15) is 24.0 Å². The lowest BCUT2D eigenvalue weighted by atomic mass is 10.0. The van der Waals surface area contributed by atoms with Gasteiger partial charge in [0.05, 0.1) is 18.7 Å². The number of ether oxygens (including phenoxy) is 1. The first-order valence-corrected chi connectivity index (χ1v) is 10.6. The van der Waals surface area contributed by atoms with Gasteiger partial charge in [-0.1, -0.05) is 29.8 Å². The first-order valence-electron chi connectivity index (χ1n) is 8.74. The quantitative estimate of drug-likeness (QED) is 0.785. The molecular formula is C18H26N2O4S. The van der Waals surface area contributed by atoms with Gasteiger partial charge in [-0.15, -0.1) is 0 Å². The molecule has 138 valence electrons. The van der Waals surface area contributed by atoms with Crippen LogP contribution in [-0.2, 0) is 26.0 Å². The molecule has 0 unspecified atom stereocenters. The molecular weight excluding hydrogens is 340 g/mol. The molecule has 0 N–H and O–H groups in total. The molecule has 1 aromatic carbocycles. The zero-order valence-electron chi connectivity index (χ0n) is 14.8. The first-order chi connectivity index (χ1) is 11.8. The van der Waals surface area contributed by atoms with Crippen LogP contribution in [0.25, 0.3) is 0 Å². The number of hydrogen-bond acceptors (Lipinski definition) is 4. The Morgan fingerprint density at radius 3 is 2.52 bits per heavy atom. The van der Waals surface area contributed by atoms with Crippen LogP contribution in [0, 0.1) is 6.92 Å². The number of amides is 1. The number of benzene rings is 1. The van der Waals surface area contributed by atoms with Gasteiger partial charge in [0.15, 0.2) is 0 Å². The molecule has 0 radical (unpaired) electrons. The molecule has 7 heteroatoms. The van der Waals surface area contributed by atoms with Gasteiger partial charge >= 0.3 is 0 Å². The number of hydrogen-bond donors (Lipinski definition) is 0. The van der Waals surface area contributed by atoms with Crippen molar-refractivity contribution in [3.8, 4) is 0 Å². The van der Waals surface area contributed by atoms with Gasteiger partial charge in [0.1, 0.15) is 0 Å². The first kappa shape index (κ1) is 18.4. The van der Waals surface area contributed by atoms with Crippen molar-refractivity contribution in [1.82, 2.24) is 9.21 Å². The smallest absolute Gasteiger partial charge is 0.227 e. The predicted octanol–water partition coefficient (Wildman–Crippen LogP) is 1.19. The maximum Gasteiger partial charge on any atom is 0.227 e. The minimum atomic E-state index is -3.30. The van der Waals surface area contributed by atoms with Crippen LogP contribution in [0.5, 0.6) is 0 Å².